The fourth-order valence-corrected chi connectivity index (χ4v) is 2.44. The number of aromatic nitrogens is 2. The Hall–Kier alpha value is -2.10. The van der Waals surface area contributed by atoms with E-state index in [1.807, 2.05) is 43.3 Å². The zero-order chi connectivity index (χ0) is 15.7. The van der Waals surface area contributed by atoms with Crippen LogP contribution in [0.1, 0.15) is 5.56 Å². The summed E-state index contributed by atoms with van der Waals surface area (Å²) in [5.41, 5.74) is 10.4. The van der Waals surface area contributed by atoms with Gasteiger partial charge in [0.05, 0.1) is 21.4 Å². The SMILES string of the molecule is Cc1ccc(-c2cc(-c3ccc(Cl)c(Cl)c3)nc(N)n2)cc1. The van der Waals surface area contributed by atoms with Crippen LogP contribution >= 0.6 is 23.2 Å². The van der Waals surface area contributed by atoms with Crippen LogP contribution in [0.15, 0.2) is 48.5 Å². The normalized spacial score (nSPS) is 10.7. The van der Waals surface area contributed by atoms with Gasteiger partial charge in [0.1, 0.15) is 0 Å². The number of nitrogens with zero attached hydrogens (tertiary/aromatic N) is 2. The van der Waals surface area contributed by atoms with E-state index in [1.165, 1.54) is 5.56 Å². The van der Waals surface area contributed by atoms with Crippen molar-refractivity contribution in [3.8, 4) is 22.5 Å². The third-order valence-corrected chi connectivity index (χ3v) is 4.05. The molecule has 2 N–H and O–H groups in total. The highest BCUT2D eigenvalue weighted by molar-refractivity contribution is 6.42. The van der Waals surface area contributed by atoms with Gasteiger partial charge in [0.25, 0.3) is 0 Å². The first-order valence-electron chi connectivity index (χ1n) is 6.70. The van der Waals surface area contributed by atoms with E-state index in [-0.39, 0.29) is 5.95 Å². The summed E-state index contributed by atoms with van der Waals surface area (Å²) in [5, 5.41) is 0.986. The Morgan fingerprint density at radius 3 is 2.00 bits per heavy atom. The van der Waals surface area contributed by atoms with E-state index >= 15 is 0 Å². The standard InChI is InChI=1S/C17H13Cl2N3/c1-10-2-4-11(5-3-10)15-9-16(22-17(20)21-15)12-6-7-13(18)14(19)8-12/h2-9H,1H3,(H2,20,21,22). The van der Waals surface area contributed by atoms with Crippen LogP contribution in [-0.2, 0) is 0 Å². The fraction of sp³-hybridized carbons (Fsp3) is 0.0588. The van der Waals surface area contributed by atoms with Gasteiger partial charge in [-0.2, -0.15) is 0 Å². The summed E-state index contributed by atoms with van der Waals surface area (Å²) in [6, 6.07) is 15.3. The van der Waals surface area contributed by atoms with Crippen LogP contribution in [0.4, 0.5) is 5.95 Å². The van der Waals surface area contributed by atoms with Gasteiger partial charge in [-0.25, -0.2) is 9.97 Å². The molecule has 2 aromatic carbocycles. The van der Waals surface area contributed by atoms with E-state index in [2.05, 4.69) is 9.97 Å². The maximum Gasteiger partial charge on any atom is 0.221 e. The molecule has 1 aromatic heterocycles. The summed E-state index contributed by atoms with van der Waals surface area (Å²) in [4.78, 5) is 8.59. The maximum absolute atomic E-state index is 6.07. The van der Waals surface area contributed by atoms with Gasteiger partial charge in [0.2, 0.25) is 5.95 Å². The number of halogens is 2. The molecule has 0 unspecified atom stereocenters. The average molecular weight is 330 g/mol. The first-order valence-corrected chi connectivity index (χ1v) is 7.45. The lowest BCUT2D eigenvalue weighted by atomic mass is 10.1. The highest BCUT2D eigenvalue weighted by Gasteiger charge is 2.08. The first kappa shape index (κ1) is 14.8. The number of hydrogen-bond donors (Lipinski definition) is 1. The number of aryl methyl sites for hydroxylation is 1. The van der Waals surface area contributed by atoms with Crippen molar-refractivity contribution >= 4 is 29.2 Å². The van der Waals surface area contributed by atoms with Crippen LogP contribution in [-0.4, -0.2) is 9.97 Å². The minimum absolute atomic E-state index is 0.221. The first-order chi connectivity index (χ1) is 10.5. The van der Waals surface area contributed by atoms with Gasteiger partial charge in [-0.3, -0.25) is 0 Å². The van der Waals surface area contributed by atoms with E-state index in [9.17, 15) is 0 Å². The van der Waals surface area contributed by atoms with E-state index in [0.29, 0.717) is 15.7 Å². The second kappa shape index (κ2) is 5.95. The maximum atomic E-state index is 6.07. The molecule has 22 heavy (non-hydrogen) atoms. The average Bonchev–Trinajstić information content (AvgIpc) is 2.50. The lowest BCUT2D eigenvalue weighted by Crippen LogP contribution is -1.98. The molecule has 3 rings (SSSR count). The van der Waals surface area contributed by atoms with E-state index in [0.717, 1.165) is 16.8 Å². The van der Waals surface area contributed by atoms with Gasteiger partial charge in [-0.1, -0.05) is 59.1 Å². The number of anilines is 1. The van der Waals surface area contributed by atoms with Gasteiger partial charge in [0, 0.05) is 11.1 Å². The van der Waals surface area contributed by atoms with Crippen LogP contribution in [0, 0.1) is 6.92 Å². The lowest BCUT2D eigenvalue weighted by Gasteiger charge is -2.07. The summed E-state index contributed by atoms with van der Waals surface area (Å²) in [5.74, 6) is 0.221. The van der Waals surface area contributed by atoms with Crippen molar-refractivity contribution in [2.45, 2.75) is 6.92 Å². The van der Waals surface area contributed by atoms with Crippen molar-refractivity contribution in [2.24, 2.45) is 0 Å². The summed E-state index contributed by atoms with van der Waals surface area (Å²) < 4.78 is 0. The Morgan fingerprint density at radius 2 is 1.36 bits per heavy atom. The largest absolute Gasteiger partial charge is 0.368 e. The van der Waals surface area contributed by atoms with E-state index < -0.39 is 0 Å². The van der Waals surface area contributed by atoms with Crippen molar-refractivity contribution in [1.82, 2.24) is 9.97 Å². The van der Waals surface area contributed by atoms with Gasteiger partial charge in [-0.05, 0) is 25.1 Å². The van der Waals surface area contributed by atoms with E-state index in [4.69, 9.17) is 28.9 Å². The predicted molar refractivity (Wildman–Crippen MR) is 92.1 cm³/mol. The highest BCUT2D eigenvalue weighted by atomic mass is 35.5. The molecule has 0 aliphatic heterocycles. The Kier molecular flexibility index (Phi) is 4.01. The summed E-state index contributed by atoms with van der Waals surface area (Å²) >= 11 is 12.0. The number of benzene rings is 2. The molecule has 0 spiro atoms. The monoisotopic (exact) mass is 329 g/mol. The topological polar surface area (TPSA) is 51.8 Å². The van der Waals surface area contributed by atoms with Crippen molar-refractivity contribution < 1.29 is 0 Å². The van der Waals surface area contributed by atoms with Crippen molar-refractivity contribution in [3.63, 3.8) is 0 Å². The minimum atomic E-state index is 0.221. The lowest BCUT2D eigenvalue weighted by molar-refractivity contribution is 1.19. The molecular weight excluding hydrogens is 317 g/mol. The molecule has 0 fully saturated rings. The zero-order valence-electron chi connectivity index (χ0n) is 11.8. The molecular formula is C17H13Cl2N3. The van der Waals surface area contributed by atoms with E-state index in [1.54, 1.807) is 12.1 Å². The van der Waals surface area contributed by atoms with Crippen molar-refractivity contribution in [1.29, 1.82) is 0 Å². The number of nitrogens with two attached hydrogens (primary N) is 1. The molecule has 0 saturated carbocycles. The number of hydrogen-bond acceptors (Lipinski definition) is 3. The van der Waals surface area contributed by atoms with Gasteiger partial charge in [0.15, 0.2) is 0 Å². The predicted octanol–water partition coefficient (Wildman–Crippen LogP) is 5.01. The molecule has 3 nitrogen and oxygen atoms in total. The summed E-state index contributed by atoms with van der Waals surface area (Å²) in [7, 11) is 0. The van der Waals surface area contributed by atoms with Crippen LogP contribution in [0.25, 0.3) is 22.5 Å². The molecule has 0 aliphatic rings. The van der Waals surface area contributed by atoms with Crippen LogP contribution in [0.5, 0.6) is 0 Å². The smallest absolute Gasteiger partial charge is 0.221 e. The Bertz CT molecular complexity index is 830. The molecule has 0 bridgehead atoms. The van der Waals surface area contributed by atoms with Crippen molar-refractivity contribution in [2.75, 3.05) is 5.73 Å². The second-order valence-electron chi connectivity index (χ2n) is 4.99. The highest BCUT2D eigenvalue weighted by Crippen LogP contribution is 2.29. The zero-order valence-corrected chi connectivity index (χ0v) is 13.4. The molecule has 0 saturated heterocycles. The Balaban J connectivity index is 2.09. The third kappa shape index (κ3) is 3.06. The van der Waals surface area contributed by atoms with Crippen LogP contribution in [0.3, 0.4) is 0 Å². The number of nitrogen functional groups attached to an aromatic ring is 1. The van der Waals surface area contributed by atoms with Gasteiger partial charge >= 0.3 is 0 Å². The Labute approximate surface area is 138 Å². The Morgan fingerprint density at radius 1 is 0.773 bits per heavy atom. The molecule has 0 aliphatic carbocycles. The molecule has 5 heteroatoms. The molecule has 3 aromatic rings. The molecule has 0 radical (unpaired) electrons. The third-order valence-electron chi connectivity index (χ3n) is 3.31. The quantitative estimate of drug-likeness (QED) is 0.719. The summed E-state index contributed by atoms with van der Waals surface area (Å²) in [6.45, 7) is 2.04. The fourth-order valence-electron chi connectivity index (χ4n) is 2.14. The van der Waals surface area contributed by atoms with Crippen molar-refractivity contribution in [3.05, 3.63) is 64.1 Å². The summed E-state index contributed by atoms with van der Waals surface area (Å²) in [6.07, 6.45) is 0. The second-order valence-corrected chi connectivity index (χ2v) is 5.81. The van der Waals surface area contributed by atoms with Gasteiger partial charge in [-0.15, -0.1) is 0 Å². The molecule has 1 heterocycles. The van der Waals surface area contributed by atoms with Crippen LogP contribution < -0.4 is 5.73 Å². The van der Waals surface area contributed by atoms with Gasteiger partial charge < -0.3 is 5.73 Å². The molecule has 0 atom stereocenters. The minimum Gasteiger partial charge on any atom is -0.368 e. The van der Waals surface area contributed by atoms with Crippen LogP contribution in [0.2, 0.25) is 10.0 Å². The number of rotatable bonds is 2. The molecule has 110 valence electrons. The molecule has 0 amide bonds.